The molecular weight excluding hydrogens is 403 g/mol. The molecule has 11 heteroatoms. The highest BCUT2D eigenvalue weighted by molar-refractivity contribution is 6.46. The number of anilines is 2. The van der Waals surface area contributed by atoms with E-state index in [2.05, 4.69) is 4.98 Å². The van der Waals surface area contributed by atoms with E-state index in [1.54, 1.807) is 0 Å². The van der Waals surface area contributed by atoms with E-state index in [0.717, 1.165) is 18.2 Å². The van der Waals surface area contributed by atoms with Gasteiger partial charge in [0.05, 0.1) is 16.4 Å². The zero-order chi connectivity index (χ0) is 18.7. The molecule has 0 aliphatic carbocycles. The first-order chi connectivity index (χ1) is 11.7. The topological polar surface area (TPSA) is 94.3 Å². The van der Waals surface area contributed by atoms with E-state index < -0.39 is 41.5 Å². The maximum absolute atomic E-state index is 13.4. The highest BCUT2D eigenvalue weighted by atomic mass is 35.5. The zero-order valence-corrected chi connectivity index (χ0v) is 14.3. The molecule has 0 atom stereocenters. The number of carbonyl (C=O) groups excluding carboxylic acids is 2. The number of benzene rings is 1. The SMILES string of the molecule is Nc1c(Cl)c(Cl)nc(C(=O)OCC(=O)Nc2cc(F)ccc2F)c1Cl. The Hall–Kier alpha value is -2.16. The van der Waals surface area contributed by atoms with Crippen molar-refractivity contribution in [2.24, 2.45) is 0 Å². The number of nitrogens with one attached hydrogen (secondary N) is 1. The van der Waals surface area contributed by atoms with Crippen LogP contribution in [0.2, 0.25) is 15.2 Å². The molecule has 25 heavy (non-hydrogen) atoms. The molecule has 3 N–H and O–H groups in total. The van der Waals surface area contributed by atoms with Crippen LogP contribution in [0.15, 0.2) is 18.2 Å². The van der Waals surface area contributed by atoms with Crippen molar-refractivity contribution < 1.29 is 23.1 Å². The van der Waals surface area contributed by atoms with Gasteiger partial charge in [0.2, 0.25) is 0 Å². The summed E-state index contributed by atoms with van der Waals surface area (Å²) >= 11 is 17.2. The summed E-state index contributed by atoms with van der Waals surface area (Å²) in [5.41, 5.74) is 4.53. The summed E-state index contributed by atoms with van der Waals surface area (Å²) < 4.78 is 31.1. The van der Waals surface area contributed by atoms with Crippen molar-refractivity contribution >= 4 is 58.1 Å². The Bertz CT molecular complexity index is 865. The summed E-state index contributed by atoms with van der Waals surface area (Å²) in [6.45, 7) is -0.813. The van der Waals surface area contributed by atoms with E-state index in [4.69, 9.17) is 45.3 Å². The molecule has 0 aliphatic heterocycles. The van der Waals surface area contributed by atoms with E-state index in [0.29, 0.717) is 0 Å². The van der Waals surface area contributed by atoms with Crippen molar-refractivity contribution in [2.45, 2.75) is 0 Å². The molecule has 0 bridgehead atoms. The molecule has 2 rings (SSSR count). The van der Waals surface area contributed by atoms with E-state index in [1.807, 2.05) is 5.32 Å². The number of halogens is 5. The molecule has 0 aliphatic rings. The second kappa shape index (κ2) is 7.81. The van der Waals surface area contributed by atoms with Crippen molar-refractivity contribution in [3.05, 3.63) is 50.7 Å². The summed E-state index contributed by atoms with van der Waals surface area (Å²) in [5, 5.41) is 1.34. The fourth-order valence-electron chi connectivity index (χ4n) is 1.65. The lowest BCUT2D eigenvalue weighted by Crippen LogP contribution is -2.22. The molecule has 0 saturated heterocycles. The van der Waals surface area contributed by atoms with Gasteiger partial charge < -0.3 is 15.8 Å². The highest BCUT2D eigenvalue weighted by Crippen LogP contribution is 2.34. The fourth-order valence-corrected chi connectivity index (χ4v) is 2.23. The summed E-state index contributed by atoms with van der Waals surface area (Å²) in [6.07, 6.45) is 0. The summed E-state index contributed by atoms with van der Waals surface area (Å²) in [5.74, 6) is -3.63. The maximum atomic E-state index is 13.4. The third kappa shape index (κ3) is 4.47. The molecule has 1 aromatic carbocycles. The number of rotatable bonds is 4. The monoisotopic (exact) mass is 409 g/mol. The summed E-state index contributed by atoms with van der Waals surface area (Å²) in [4.78, 5) is 27.2. The predicted molar refractivity (Wildman–Crippen MR) is 88.9 cm³/mol. The number of nitrogens with two attached hydrogens (primary N) is 1. The lowest BCUT2D eigenvalue weighted by molar-refractivity contribution is -0.119. The summed E-state index contributed by atoms with van der Waals surface area (Å²) in [6, 6.07) is 2.49. The van der Waals surface area contributed by atoms with E-state index in [9.17, 15) is 18.4 Å². The van der Waals surface area contributed by atoms with Crippen LogP contribution >= 0.6 is 34.8 Å². The molecule has 1 heterocycles. The molecule has 0 unspecified atom stereocenters. The van der Waals surface area contributed by atoms with E-state index in [-0.39, 0.29) is 20.9 Å². The molecule has 1 aromatic heterocycles. The lowest BCUT2D eigenvalue weighted by Gasteiger charge is -2.10. The van der Waals surface area contributed by atoms with Gasteiger partial charge in [-0.05, 0) is 12.1 Å². The molecule has 1 amide bonds. The smallest absolute Gasteiger partial charge is 0.359 e. The minimum absolute atomic E-state index is 0.137. The lowest BCUT2D eigenvalue weighted by atomic mass is 10.3. The second-order valence-corrected chi connectivity index (χ2v) is 5.66. The molecule has 0 spiro atoms. The number of hydrogen-bond donors (Lipinski definition) is 2. The van der Waals surface area contributed by atoms with E-state index in [1.165, 1.54) is 0 Å². The molecule has 0 saturated carbocycles. The van der Waals surface area contributed by atoms with Crippen LogP contribution in [0.3, 0.4) is 0 Å². The third-order valence-corrected chi connectivity index (χ3v) is 3.94. The van der Waals surface area contributed by atoms with Gasteiger partial charge in [-0.25, -0.2) is 18.6 Å². The van der Waals surface area contributed by atoms with Gasteiger partial charge in [-0.3, -0.25) is 4.79 Å². The standard InChI is InChI=1S/C14H8Cl3F2N3O3/c15-9-11(20)10(16)13(17)22-12(9)14(24)25-4-8(23)21-7-3-5(18)1-2-6(7)19/h1-3H,4H2,(H2,20,22)(H,21,23). The van der Waals surface area contributed by atoms with Crippen LogP contribution < -0.4 is 11.1 Å². The number of nitrogen functional groups attached to an aromatic ring is 1. The molecule has 132 valence electrons. The van der Waals surface area contributed by atoms with Crippen LogP contribution in [0.4, 0.5) is 20.2 Å². The van der Waals surface area contributed by atoms with Gasteiger partial charge in [0, 0.05) is 6.07 Å². The highest BCUT2D eigenvalue weighted by Gasteiger charge is 2.22. The average molecular weight is 411 g/mol. The van der Waals surface area contributed by atoms with Crippen molar-refractivity contribution in [1.82, 2.24) is 4.98 Å². The Labute approximate surface area is 154 Å². The van der Waals surface area contributed by atoms with Crippen molar-refractivity contribution in [3.8, 4) is 0 Å². The van der Waals surface area contributed by atoms with Gasteiger partial charge in [-0.1, -0.05) is 34.8 Å². The minimum Gasteiger partial charge on any atom is -0.451 e. The Kier molecular flexibility index (Phi) is 5.99. The number of carbonyl (C=O) groups is 2. The molecule has 0 radical (unpaired) electrons. The largest absolute Gasteiger partial charge is 0.451 e. The maximum Gasteiger partial charge on any atom is 0.359 e. The van der Waals surface area contributed by atoms with Crippen LogP contribution in [-0.2, 0) is 9.53 Å². The van der Waals surface area contributed by atoms with Crippen molar-refractivity contribution in [3.63, 3.8) is 0 Å². The second-order valence-electron chi connectivity index (χ2n) is 4.54. The van der Waals surface area contributed by atoms with Crippen LogP contribution in [0.1, 0.15) is 10.5 Å². The predicted octanol–water partition coefficient (Wildman–Crippen LogP) is 3.70. The number of aromatic nitrogens is 1. The van der Waals surface area contributed by atoms with Gasteiger partial charge in [0.1, 0.15) is 16.7 Å². The first kappa shape index (κ1) is 19.2. The van der Waals surface area contributed by atoms with Crippen LogP contribution in [-0.4, -0.2) is 23.5 Å². The quantitative estimate of drug-likeness (QED) is 0.592. The first-order valence-corrected chi connectivity index (χ1v) is 7.56. The van der Waals surface area contributed by atoms with Crippen molar-refractivity contribution in [2.75, 3.05) is 17.7 Å². The Morgan fingerprint density at radius 2 is 1.88 bits per heavy atom. The third-order valence-electron chi connectivity index (χ3n) is 2.80. The van der Waals surface area contributed by atoms with Crippen LogP contribution in [0, 0.1) is 11.6 Å². The molecule has 2 aromatic rings. The Morgan fingerprint density at radius 3 is 2.56 bits per heavy atom. The molecule has 6 nitrogen and oxygen atoms in total. The van der Waals surface area contributed by atoms with Crippen LogP contribution in [0.25, 0.3) is 0 Å². The fraction of sp³-hybridized carbons (Fsp3) is 0.0714. The number of esters is 1. The summed E-state index contributed by atoms with van der Waals surface area (Å²) in [7, 11) is 0. The average Bonchev–Trinajstić information content (AvgIpc) is 2.57. The van der Waals surface area contributed by atoms with Gasteiger partial charge in [0.15, 0.2) is 17.5 Å². The minimum atomic E-state index is -1.11. The number of ether oxygens (including phenoxy) is 1. The molecule has 0 fully saturated rings. The van der Waals surface area contributed by atoms with Gasteiger partial charge in [-0.15, -0.1) is 0 Å². The number of hydrogen-bond acceptors (Lipinski definition) is 5. The number of amides is 1. The molecular formula is C14H8Cl3F2N3O3. The van der Waals surface area contributed by atoms with Gasteiger partial charge >= 0.3 is 5.97 Å². The van der Waals surface area contributed by atoms with Crippen LogP contribution in [0.5, 0.6) is 0 Å². The zero-order valence-electron chi connectivity index (χ0n) is 12.1. The number of pyridine rings is 1. The van der Waals surface area contributed by atoms with E-state index >= 15 is 0 Å². The van der Waals surface area contributed by atoms with Gasteiger partial charge in [-0.2, -0.15) is 0 Å². The first-order valence-electron chi connectivity index (χ1n) is 6.42. The van der Waals surface area contributed by atoms with Gasteiger partial charge in [0.25, 0.3) is 5.91 Å². The van der Waals surface area contributed by atoms with Crippen molar-refractivity contribution in [1.29, 1.82) is 0 Å². The Balaban J connectivity index is 2.05. The normalized spacial score (nSPS) is 10.4. The Morgan fingerprint density at radius 1 is 1.20 bits per heavy atom. The number of nitrogens with zero attached hydrogens (tertiary/aromatic N) is 1.